The van der Waals surface area contributed by atoms with E-state index in [2.05, 4.69) is 34.6 Å². The average molecular weight is 370 g/mol. The van der Waals surface area contributed by atoms with Crippen LogP contribution in [0.3, 0.4) is 0 Å². The molecule has 0 N–H and O–H groups in total. The third-order valence-electron chi connectivity index (χ3n) is 3.45. The first-order chi connectivity index (χ1) is 9.74. The van der Waals surface area contributed by atoms with Crippen LogP contribution in [0.25, 0.3) is 0 Å². The van der Waals surface area contributed by atoms with Crippen molar-refractivity contribution in [3.8, 4) is 0 Å². The lowest BCUT2D eigenvalue weighted by molar-refractivity contribution is 1.02. The smallest absolute Gasteiger partial charge is 0.00686 e. The van der Waals surface area contributed by atoms with Gasteiger partial charge < -0.3 is 0 Å². The van der Waals surface area contributed by atoms with Crippen LogP contribution in [0.2, 0.25) is 0 Å². The molecule has 0 saturated carbocycles. The Kier molecular flexibility index (Phi) is 10.8. The largest absolute Gasteiger partial charge is 0.0762 e. The Morgan fingerprint density at radius 2 is 0.500 bits per heavy atom. The molecule has 0 saturated heterocycles. The first-order valence-corrected chi connectivity index (χ1v) is 19.8. The van der Waals surface area contributed by atoms with Gasteiger partial charge >= 0.3 is 0 Å². The Balaban J connectivity index is 3.37. The minimum atomic E-state index is 0.502. The van der Waals surface area contributed by atoms with Crippen LogP contribution in [0.5, 0.6) is 0 Å². The van der Waals surface area contributed by atoms with Gasteiger partial charge in [0.25, 0.3) is 0 Å². The van der Waals surface area contributed by atoms with Crippen molar-refractivity contribution < 1.29 is 0 Å². The minimum absolute atomic E-state index is 0.502. The Labute approximate surface area is 132 Å². The molecule has 0 aromatic carbocycles. The van der Waals surface area contributed by atoms with E-state index in [0.717, 1.165) is 0 Å². The van der Waals surface area contributed by atoms with Crippen molar-refractivity contribution in [2.75, 3.05) is 0 Å². The molecule has 0 aliphatic heterocycles. The van der Waals surface area contributed by atoms with E-state index in [-0.39, 0.29) is 0 Å². The summed E-state index contributed by atoms with van der Waals surface area (Å²) >= 11 is 0. The second-order valence-corrected chi connectivity index (χ2v) is 30.7. The van der Waals surface area contributed by atoms with E-state index in [4.69, 9.17) is 0 Å². The molecule has 20 heavy (non-hydrogen) atoms. The predicted octanol–water partition coefficient (Wildman–Crippen LogP) is 9.79. The molecule has 0 unspecified atom stereocenters. The minimum Gasteiger partial charge on any atom is -0.0762 e. The van der Waals surface area contributed by atoms with Gasteiger partial charge in [-0.2, -0.15) is 0 Å². The van der Waals surface area contributed by atoms with E-state index in [1.54, 1.807) is 30.8 Å². The van der Waals surface area contributed by atoms with Crippen molar-refractivity contribution in [1.82, 2.24) is 0 Å². The molecule has 0 fully saturated rings. The van der Waals surface area contributed by atoms with Gasteiger partial charge in [0.05, 0.1) is 0 Å². The van der Waals surface area contributed by atoms with Crippen LogP contribution in [0.15, 0.2) is 0 Å². The number of hydrogen-bond donors (Lipinski definition) is 0. The lowest BCUT2D eigenvalue weighted by atomic mass is 10.6. The summed E-state index contributed by atoms with van der Waals surface area (Å²) in [5.74, 6) is 0. The van der Waals surface area contributed by atoms with Crippen molar-refractivity contribution in [1.29, 1.82) is 0 Å². The second-order valence-electron chi connectivity index (χ2n) is 5.48. The Hall–Kier alpha value is 1.50. The van der Waals surface area contributed by atoms with Gasteiger partial charge in [-0.15, -0.1) is 0 Å². The van der Waals surface area contributed by atoms with Gasteiger partial charge in [0.2, 0.25) is 0 Å². The maximum Gasteiger partial charge on any atom is -0.00686 e. The Morgan fingerprint density at radius 3 is 0.600 bits per heavy atom. The van der Waals surface area contributed by atoms with E-state index < -0.39 is 0 Å². The Morgan fingerprint density at radius 1 is 0.350 bits per heavy atom. The van der Waals surface area contributed by atoms with Crippen molar-refractivity contribution in [2.24, 2.45) is 0 Å². The van der Waals surface area contributed by atoms with Gasteiger partial charge in [0.15, 0.2) is 0 Å². The molecule has 0 radical (unpaired) electrons. The summed E-state index contributed by atoms with van der Waals surface area (Å²) in [5.41, 5.74) is 0. The zero-order valence-corrected chi connectivity index (χ0v) is 18.8. The zero-order chi connectivity index (χ0) is 15.0. The maximum absolute atomic E-state index is 2.45. The molecule has 0 atom stereocenters. The fraction of sp³-hybridized carbons (Fsp3) is 1.00. The molecule has 5 heteroatoms. The summed E-state index contributed by atoms with van der Waals surface area (Å²) in [6.45, 7) is 14.7. The van der Waals surface area contributed by atoms with Crippen molar-refractivity contribution in [3.63, 3.8) is 0 Å². The van der Waals surface area contributed by atoms with Gasteiger partial charge in [-0.25, -0.2) is 0 Å². The first-order valence-electron chi connectivity index (χ1n) is 8.62. The monoisotopic (exact) mass is 370 g/mol. The summed E-state index contributed by atoms with van der Waals surface area (Å²) < 4.78 is 0. The Bertz CT molecular complexity index is 294. The fourth-order valence-corrected chi connectivity index (χ4v) is 78.1. The highest BCUT2D eigenvalue weighted by atomic mass is 32.7. The van der Waals surface area contributed by atoms with Crippen LogP contribution in [0.4, 0.5) is 0 Å². The van der Waals surface area contributed by atoms with Gasteiger partial charge in [-0.3, -0.25) is 0 Å². The SMILES string of the molecule is CCCp1p(CCC)p(CCC)p(CCC)p1CCC. The molecule has 0 nitrogen and oxygen atoms in total. The van der Waals surface area contributed by atoms with Crippen LogP contribution in [-0.4, -0.2) is 0 Å². The molecule has 0 bridgehead atoms. The lowest BCUT2D eigenvalue weighted by Crippen LogP contribution is -1.67. The molecule has 1 heterocycles. The van der Waals surface area contributed by atoms with Crippen molar-refractivity contribution in [3.05, 3.63) is 0 Å². The molecule has 0 aliphatic carbocycles. The summed E-state index contributed by atoms with van der Waals surface area (Å²) in [6, 6.07) is 0. The highest BCUT2D eigenvalue weighted by Crippen LogP contribution is 2.90. The van der Waals surface area contributed by atoms with E-state index in [1.165, 1.54) is 32.1 Å². The molecule has 1 aromatic rings. The summed E-state index contributed by atoms with van der Waals surface area (Å²) in [7, 11) is 0. The molecule has 0 amide bonds. The first kappa shape index (κ1) is 19.5. The normalized spacial score (nSPS) is 15.8. The highest BCUT2D eigenvalue weighted by molar-refractivity contribution is 8.72. The van der Waals surface area contributed by atoms with E-state index in [0.29, 0.717) is 34.4 Å². The molecule has 1 aromatic heterocycles. The zero-order valence-electron chi connectivity index (χ0n) is 14.3. The van der Waals surface area contributed by atoms with Crippen molar-refractivity contribution >= 4 is 34.4 Å². The molecular formula is C15H35P5. The molecule has 0 aliphatic rings. The van der Waals surface area contributed by atoms with Crippen LogP contribution < -0.4 is 0 Å². The average Bonchev–Trinajstić information content (AvgIpc) is 2.68. The van der Waals surface area contributed by atoms with Gasteiger partial charge in [-0.05, 0) is 62.9 Å². The number of hydrogen-bond acceptors (Lipinski definition) is 0. The van der Waals surface area contributed by atoms with Gasteiger partial charge in [0.1, 0.15) is 0 Å². The standard InChI is InChI=1S/C15H35P5/c1-6-11-16-17(12-7-2)19(14-9-4)20(15-10-5)18(16)13-8-3/h6-15H2,1-5H3. The van der Waals surface area contributed by atoms with E-state index in [1.807, 2.05) is 0 Å². The summed E-state index contributed by atoms with van der Waals surface area (Å²) in [6.07, 6.45) is 15.6. The fourth-order valence-electron chi connectivity index (χ4n) is 2.75. The maximum atomic E-state index is 2.45. The predicted molar refractivity (Wildman–Crippen MR) is 109 cm³/mol. The lowest BCUT2D eigenvalue weighted by Gasteiger charge is -2.09. The molecular weight excluding hydrogens is 335 g/mol. The second kappa shape index (κ2) is 11.1. The van der Waals surface area contributed by atoms with Gasteiger partial charge in [-0.1, -0.05) is 69.1 Å². The van der Waals surface area contributed by atoms with Crippen LogP contribution >= 0.6 is 34.4 Å². The van der Waals surface area contributed by atoms with Crippen LogP contribution in [0, 0.1) is 0 Å². The molecule has 120 valence electrons. The highest BCUT2D eigenvalue weighted by Gasteiger charge is 2.19. The van der Waals surface area contributed by atoms with E-state index in [9.17, 15) is 0 Å². The topological polar surface area (TPSA) is 0 Å². The van der Waals surface area contributed by atoms with Crippen LogP contribution in [-0.2, 0) is 30.8 Å². The summed E-state index contributed by atoms with van der Waals surface area (Å²) in [4.78, 5) is 0. The van der Waals surface area contributed by atoms with Crippen LogP contribution in [0.1, 0.15) is 66.7 Å². The molecule has 1 rings (SSSR count). The number of rotatable bonds is 10. The third kappa shape index (κ3) is 5.01. The molecule has 0 spiro atoms. The quantitative estimate of drug-likeness (QED) is 0.384. The summed E-state index contributed by atoms with van der Waals surface area (Å²) in [5, 5.41) is 0. The third-order valence-corrected chi connectivity index (χ3v) is 50.1. The van der Waals surface area contributed by atoms with E-state index >= 15 is 0 Å². The van der Waals surface area contributed by atoms with Crippen molar-refractivity contribution in [2.45, 2.75) is 97.5 Å². The van der Waals surface area contributed by atoms with Gasteiger partial charge in [0, 0.05) is 0 Å².